The van der Waals surface area contributed by atoms with Gasteiger partial charge in [-0.2, -0.15) is 0 Å². The van der Waals surface area contributed by atoms with Crippen molar-refractivity contribution >= 4 is 11.8 Å². The molecule has 0 radical (unpaired) electrons. The average molecular weight is 471 g/mol. The van der Waals surface area contributed by atoms with Gasteiger partial charge in [0.05, 0.1) is 6.10 Å². The molecule has 0 heterocycles. The van der Waals surface area contributed by atoms with E-state index in [9.17, 15) is 14.7 Å². The van der Waals surface area contributed by atoms with E-state index < -0.39 is 5.97 Å². The number of rotatable bonds is 6. The van der Waals surface area contributed by atoms with Gasteiger partial charge in [0.1, 0.15) is 5.78 Å². The highest BCUT2D eigenvalue weighted by atomic mass is 16.4. The number of Topliss-reactive ketones (excluding diaryl/α,β-unsaturated/α-hetero) is 1. The predicted octanol–water partition coefficient (Wildman–Crippen LogP) is 6.41. The number of carbonyl (C=O) groups is 2. The Kier molecular flexibility index (Phi) is 5.36. The van der Waals surface area contributed by atoms with Gasteiger partial charge in [-0.25, -0.2) is 4.79 Å². The zero-order valence-electron chi connectivity index (χ0n) is 22.1. The molecule has 0 aliphatic heterocycles. The number of carboxylic acid groups (broad SMARTS) is 1. The number of aliphatic carboxylic acids is 1. The first-order valence-corrected chi connectivity index (χ1v) is 13.9. The van der Waals surface area contributed by atoms with Gasteiger partial charge in [0.25, 0.3) is 0 Å². The van der Waals surface area contributed by atoms with Crippen LogP contribution in [0.3, 0.4) is 0 Å². The molecule has 0 saturated heterocycles. The zero-order chi connectivity index (χ0) is 24.9. The van der Waals surface area contributed by atoms with Crippen LogP contribution in [0, 0.1) is 50.7 Å². The van der Waals surface area contributed by atoms with Gasteiger partial charge >= 0.3 is 5.97 Å². The summed E-state index contributed by atoms with van der Waals surface area (Å²) in [7, 11) is 0. The standard InChI is InChI=1S/C30H46O4/c1-18(15-20(31)16-19(2)25(33)34)21-9-11-28(6)23-8-7-22-26(3,4)24(32)10-12-29(22)17-30(23,29)14-13-27(21,28)5/h18,21-24,32H,2,7-17H2,1,3-6H3,(H,33,34)/t18-,21-,22+,23+,24-,27-,28+,29-,30+/m1/s1. The Morgan fingerprint density at radius 1 is 0.912 bits per heavy atom. The summed E-state index contributed by atoms with van der Waals surface area (Å²) in [6.45, 7) is 15.6. The molecule has 0 aromatic rings. The van der Waals surface area contributed by atoms with Crippen LogP contribution in [0.5, 0.6) is 0 Å². The van der Waals surface area contributed by atoms with Crippen LogP contribution in [0.2, 0.25) is 0 Å². The first kappa shape index (κ1) is 24.5. The van der Waals surface area contributed by atoms with Crippen LogP contribution in [-0.4, -0.2) is 28.1 Å². The van der Waals surface area contributed by atoms with Crippen LogP contribution in [0.1, 0.15) is 105 Å². The highest BCUT2D eigenvalue weighted by Gasteiger charge is 2.82. The van der Waals surface area contributed by atoms with Gasteiger partial charge in [-0.1, -0.05) is 41.2 Å². The van der Waals surface area contributed by atoms with E-state index in [1.54, 1.807) is 0 Å². The molecule has 4 nitrogen and oxygen atoms in total. The number of carboxylic acids is 1. The first-order chi connectivity index (χ1) is 15.8. The van der Waals surface area contributed by atoms with E-state index in [2.05, 4.69) is 41.2 Å². The fourth-order valence-corrected chi connectivity index (χ4v) is 11.2. The van der Waals surface area contributed by atoms with Crippen LogP contribution < -0.4 is 0 Å². The lowest BCUT2D eigenvalue weighted by molar-refractivity contribution is -0.161. The van der Waals surface area contributed by atoms with Crippen molar-refractivity contribution in [1.29, 1.82) is 0 Å². The number of aliphatic hydroxyl groups excluding tert-OH is 1. The van der Waals surface area contributed by atoms with E-state index in [1.807, 2.05) is 0 Å². The third-order valence-corrected chi connectivity index (χ3v) is 13.1. The number of aliphatic hydroxyl groups is 1. The van der Waals surface area contributed by atoms with Gasteiger partial charge in [-0.15, -0.1) is 0 Å². The number of hydrogen-bond donors (Lipinski definition) is 2. The predicted molar refractivity (Wildman–Crippen MR) is 133 cm³/mol. The number of fused-ring (bicyclic) bond motifs is 2. The SMILES string of the molecule is C=C(CC(=O)C[C@@H](C)[C@H]1CC[C@@]2(C)[C@@H]3CC[C@H]4C(C)(C)[C@H](O)CC[C@@]45C[C@@]35CC[C@]12C)C(=O)O. The molecule has 5 aliphatic carbocycles. The Morgan fingerprint density at radius 2 is 1.56 bits per heavy atom. The second kappa shape index (κ2) is 7.43. The first-order valence-electron chi connectivity index (χ1n) is 13.9. The molecule has 0 amide bonds. The quantitative estimate of drug-likeness (QED) is 0.440. The summed E-state index contributed by atoms with van der Waals surface area (Å²) < 4.78 is 0. The van der Waals surface area contributed by atoms with Crippen molar-refractivity contribution in [2.24, 2.45) is 50.7 Å². The highest BCUT2D eigenvalue weighted by molar-refractivity contribution is 5.94. The molecular weight excluding hydrogens is 424 g/mol. The van der Waals surface area contributed by atoms with Gasteiger partial charge in [-0.3, -0.25) is 4.79 Å². The molecule has 2 spiro atoms. The Morgan fingerprint density at radius 3 is 2.24 bits per heavy atom. The minimum absolute atomic E-state index is 0.00981. The van der Waals surface area contributed by atoms with E-state index in [0.717, 1.165) is 12.3 Å². The fourth-order valence-electron chi connectivity index (χ4n) is 11.2. The molecule has 34 heavy (non-hydrogen) atoms. The zero-order valence-corrected chi connectivity index (χ0v) is 22.1. The molecule has 5 saturated carbocycles. The molecule has 190 valence electrons. The lowest BCUT2D eigenvalue weighted by atomic mass is 9.41. The monoisotopic (exact) mass is 470 g/mol. The van der Waals surface area contributed by atoms with E-state index in [4.69, 9.17) is 5.11 Å². The van der Waals surface area contributed by atoms with Crippen molar-refractivity contribution in [2.45, 2.75) is 111 Å². The molecule has 0 bridgehead atoms. The summed E-state index contributed by atoms with van der Waals surface area (Å²) in [6.07, 6.45) is 11.4. The minimum Gasteiger partial charge on any atom is -0.478 e. The number of ketones is 1. The molecule has 5 aliphatic rings. The van der Waals surface area contributed by atoms with Crippen molar-refractivity contribution < 1.29 is 19.8 Å². The molecule has 0 aromatic carbocycles. The van der Waals surface area contributed by atoms with Crippen molar-refractivity contribution in [2.75, 3.05) is 0 Å². The van der Waals surface area contributed by atoms with Crippen LogP contribution in [0.4, 0.5) is 0 Å². The lowest BCUT2D eigenvalue weighted by Crippen LogP contribution is -2.57. The molecule has 2 N–H and O–H groups in total. The maximum absolute atomic E-state index is 12.7. The molecule has 9 atom stereocenters. The molecule has 5 rings (SSSR count). The van der Waals surface area contributed by atoms with E-state index in [-0.39, 0.29) is 40.6 Å². The van der Waals surface area contributed by atoms with E-state index in [0.29, 0.717) is 34.5 Å². The van der Waals surface area contributed by atoms with Gasteiger partial charge < -0.3 is 10.2 Å². The van der Waals surface area contributed by atoms with Gasteiger partial charge in [0, 0.05) is 18.4 Å². The molecule has 4 heteroatoms. The average Bonchev–Trinajstić information content (AvgIpc) is 3.33. The van der Waals surface area contributed by atoms with Crippen molar-refractivity contribution in [3.05, 3.63) is 12.2 Å². The largest absolute Gasteiger partial charge is 0.478 e. The summed E-state index contributed by atoms with van der Waals surface area (Å²) in [4.78, 5) is 23.8. The van der Waals surface area contributed by atoms with Gasteiger partial charge in [0.15, 0.2) is 0 Å². The van der Waals surface area contributed by atoms with Crippen LogP contribution in [-0.2, 0) is 9.59 Å². The maximum Gasteiger partial charge on any atom is 0.331 e. The number of hydrogen-bond acceptors (Lipinski definition) is 3. The number of carbonyl (C=O) groups excluding carboxylic acids is 1. The van der Waals surface area contributed by atoms with E-state index in [1.165, 1.54) is 51.4 Å². The van der Waals surface area contributed by atoms with E-state index >= 15 is 0 Å². The Bertz CT molecular complexity index is 921. The third kappa shape index (κ3) is 2.93. The topological polar surface area (TPSA) is 74.6 Å². The van der Waals surface area contributed by atoms with Crippen molar-refractivity contribution in [3.8, 4) is 0 Å². The summed E-state index contributed by atoms with van der Waals surface area (Å²) >= 11 is 0. The molecule has 0 aromatic heterocycles. The maximum atomic E-state index is 12.7. The van der Waals surface area contributed by atoms with Gasteiger partial charge in [0.2, 0.25) is 0 Å². The second-order valence-corrected chi connectivity index (χ2v) is 14.3. The fraction of sp³-hybridized carbons (Fsp3) is 0.867. The van der Waals surface area contributed by atoms with Crippen LogP contribution in [0.15, 0.2) is 12.2 Å². The molecule has 0 unspecified atom stereocenters. The molecular formula is C30H46O4. The second-order valence-electron chi connectivity index (χ2n) is 14.3. The van der Waals surface area contributed by atoms with Crippen molar-refractivity contribution in [1.82, 2.24) is 0 Å². The Labute approximate surface area is 206 Å². The van der Waals surface area contributed by atoms with Crippen LogP contribution >= 0.6 is 0 Å². The summed E-state index contributed by atoms with van der Waals surface area (Å²) in [5.41, 5.74) is 1.53. The highest BCUT2D eigenvalue weighted by Crippen LogP contribution is 2.89. The van der Waals surface area contributed by atoms with Gasteiger partial charge in [-0.05, 0) is 109 Å². The Hall–Kier alpha value is -1.16. The summed E-state index contributed by atoms with van der Waals surface area (Å²) in [5, 5.41) is 19.9. The summed E-state index contributed by atoms with van der Waals surface area (Å²) in [6, 6.07) is 0. The minimum atomic E-state index is -1.06. The van der Waals surface area contributed by atoms with Crippen molar-refractivity contribution in [3.63, 3.8) is 0 Å². The lowest BCUT2D eigenvalue weighted by Gasteiger charge is -2.63. The normalized spacial score (nSPS) is 49.1. The van der Waals surface area contributed by atoms with Crippen LogP contribution in [0.25, 0.3) is 0 Å². The molecule has 5 fully saturated rings. The Balaban J connectivity index is 1.36. The smallest absolute Gasteiger partial charge is 0.331 e. The summed E-state index contributed by atoms with van der Waals surface area (Å²) in [5.74, 6) is 1.18. The third-order valence-electron chi connectivity index (χ3n) is 13.1.